The SMILES string of the molecule is O=c1[nH]ncc(N2CCC[C@@H](c3nccs3)C2)c1Cl. The molecule has 3 rings (SSSR count). The molecule has 0 spiro atoms. The fourth-order valence-electron chi connectivity index (χ4n) is 2.43. The normalized spacial score (nSPS) is 19.6. The average molecular weight is 297 g/mol. The van der Waals surface area contributed by atoms with Crippen molar-refractivity contribution >= 4 is 28.6 Å². The molecule has 100 valence electrons. The Bertz CT molecular complexity index is 612. The van der Waals surface area contributed by atoms with Crippen LogP contribution in [-0.2, 0) is 0 Å². The third-order valence-electron chi connectivity index (χ3n) is 3.34. The summed E-state index contributed by atoms with van der Waals surface area (Å²) in [5, 5.41) is 9.54. The molecular weight excluding hydrogens is 284 g/mol. The maximum atomic E-state index is 11.5. The van der Waals surface area contributed by atoms with E-state index >= 15 is 0 Å². The fraction of sp³-hybridized carbons (Fsp3) is 0.417. The van der Waals surface area contributed by atoms with Gasteiger partial charge in [-0.3, -0.25) is 4.79 Å². The van der Waals surface area contributed by atoms with Gasteiger partial charge < -0.3 is 4.90 Å². The largest absolute Gasteiger partial charge is 0.368 e. The van der Waals surface area contributed by atoms with Gasteiger partial charge in [-0.15, -0.1) is 11.3 Å². The second kappa shape index (κ2) is 5.30. The molecule has 1 atom stereocenters. The number of piperidine rings is 1. The minimum absolute atomic E-state index is 0.217. The second-order valence-corrected chi connectivity index (χ2v) is 5.86. The maximum Gasteiger partial charge on any atom is 0.285 e. The molecule has 1 aliphatic heterocycles. The van der Waals surface area contributed by atoms with Gasteiger partial charge in [-0.1, -0.05) is 11.6 Å². The maximum absolute atomic E-state index is 11.5. The number of nitrogens with one attached hydrogen (secondary N) is 1. The predicted molar refractivity (Wildman–Crippen MR) is 76.2 cm³/mol. The molecule has 2 aromatic heterocycles. The van der Waals surface area contributed by atoms with Crippen LogP contribution < -0.4 is 10.5 Å². The first kappa shape index (κ1) is 12.6. The summed E-state index contributed by atoms with van der Waals surface area (Å²) in [5.74, 6) is 0.407. The van der Waals surface area contributed by atoms with Crippen LogP contribution in [0.3, 0.4) is 0 Å². The summed E-state index contributed by atoms with van der Waals surface area (Å²) in [6.07, 6.45) is 5.64. The van der Waals surface area contributed by atoms with Crippen molar-refractivity contribution in [3.63, 3.8) is 0 Å². The summed E-state index contributed by atoms with van der Waals surface area (Å²) in [4.78, 5) is 18.0. The summed E-state index contributed by atoms with van der Waals surface area (Å²) in [6, 6.07) is 0. The number of anilines is 1. The van der Waals surface area contributed by atoms with E-state index in [2.05, 4.69) is 20.1 Å². The molecule has 5 nitrogen and oxygen atoms in total. The summed E-state index contributed by atoms with van der Waals surface area (Å²) in [5.41, 5.74) is 0.377. The van der Waals surface area contributed by atoms with Gasteiger partial charge in [0.15, 0.2) is 0 Å². The molecule has 2 aromatic rings. The van der Waals surface area contributed by atoms with Crippen molar-refractivity contribution in [3.8, 4) is 0 Å². The van der Waals surface area contributed by atoms with Crippen LogP contribution >= 0.6 is 22.9 Å². The van der Waals surface area contributed by atoms with Gasteiger partial charge in [0, 0.05) is 30.6 Å². The molecule has 1 aliphatic rings. The van der Waals surface area contributed by atoms with E-state index < -0.39 is 0 Å². The molecule has 1 fully saturated rings. The van der Waals surface area contributed by atoms with E-state index in [4.69, 9.17) is 11.6 Å². The third-order valence-corrected chi connectivity index (χ3v) is 4.64. The highest BCUT2D eigenvalue weighted by Gasteiger charge is 2.25. The molecule has 0 saturated carbocycles. The van der Waals surface area contributed by atoms with Crippen molar-refractivity contribution in [1.82, 2.24) is 15.2 Å². The van der Waals surface area contributed by atoms with E-state index in [1.165, 1.54) is 0 Å². The van der Waals surface area contributed by atoms with E-state index in [-0.39, 0.29) is 10.6 Å². The smallest absolute Gasteiger partial charge is 0.285 e. The zero-order chi connectivity index (χ0) is 13.2. The molecule has 0 unspecified atom stereocenters. The zero-order valence-electron chi connectivity index (χ0n) is 10.2. The lowest BCUT2D eigenvalue weighted by Gasteiger charge is -2.33. The van der Waals surface area contributed by atoms with Crippen LogP contribution in [0.4, 0.5) is 5.69 Å². The molecule has 7 heteroatoms. The number of aromatic nitrogens is 3. The van der Waals surface area contributed by atoms with E-state index in [0.717, 1.165) is 30.9 Å². The van der Waals surface area contributed by atoms with Crippen LogP contribution in [0.25, 0.3) is 0 Å². The Hall–Kier alpha value is -1.40. The first-order valence-electron chi connectivity index (χ1n) is 6.13. The fourth-order valence-corrected chi connectivity index (χ4v) is 3.41. The van der Waals surface area contributed by atoms with Crippen molar-refractivity contribution in [1.29, 1.82) is 0 Å². The molecule has 1 N–H and O–H groups in total. The van der Waals surface area contributed by atoms with Crippen LogP contribution in [0.1, 0.15) is 23.8 Å². The van der Waals surface area contributed by atoms with Gasteiger partial charge in [0.1, 0.15) is 5.02 Å². The van der Waals surface area contributed by atoms with Crippen molar-refractivity contribution in [2.45, 2.75) is 18.8 Å². The molecule has 0 amide bonds. The highest BCUT2D eigenvalue weighted by atomic mass is 35.5. The van der Waals surface area contributed by atoms with Gasteiger partial charge in [-0.2, -0.15) is 5.10 Å². The van der Waals surface area contributed by atoms with E-state index in [1.807, 2.05) is 11.6 Å². The molecule has 3 heterocycles. The quantitative estimate of drug-likeness (QED) is 0.923. The lowest BCUT2D eigenvalue weighted by Crippen LogP contribution is -2.35. The monoisotopic (exact) mass is 296 g/mol. The minimum Gasteiger partial charge on any atom is -0.368 e. The zero-order valence-corrected chi connectivity index (χ0v) is 11.7. The number of thiazole rings is 1. The lowest BCUT2D eigenvalue weighted by molar-refractivity contribution is 0.508. The number of hydrogen-bond donors (Lipinski definition) is 1. The highest BCUT2D eigenvalue weighted by Crippen LogP contribution is 2.32. The molecule has 0 radical (unpaired) electrons. The molecule has 19 heavy (non-hydrogen) atoms. The summed E-state index contributed by atoms with van der Waals surface area (Å²) < 4.78 is 0. The van der Waals surface area contributed by atoms with Crippen molar-refractivity contribution in [3.05, 3.63) is 38.2 Å². The van der Waals surface area contributed by atoms with Gasteiger partial charge in [0.05, 0.1) is 16.9 Å². The van der Waals surface area contributed by atoms with Crippen molar-refractivity contribution in [2.24, 2.45) is 0 Å². The Morgan fingerprint density at radius 3 is 3.21 bits per heavy atom. The van der Waals surface area contributed by atoms with Crippen LogP contribution in [0.15, 0.2) is 22.6 Å². The number of H-pyrrole nitrogens is 1. The van der Waals surface area contributed by atoms with E-state index in [9.17, 15) is 4.79 Å². The Kier molecular flexibility index (Phi) is 3.52. The number of aromatic amines is 1. The summed E-state index contributed by atoms with van der Waals surface area (Å²) >= 11 is 7.74. The standard InChI is InChI=1S/C12H13ClN4OS/c13-10-9(6-15-16-11(10)18)17-4-1-2-8(7-17)12-14-3-5-19-12/h3,5-6,8H,1-2,4,7H2,(H,16,18)/t8-/m1/s1. The summed E-state index contributed by atoms with van der Waals surface area (Å²) in [7, 11) is 0. The lowest BCUT2D eigenvalue weighted by atomic mass is 9.98. The molecule has 0 aromatic carbocycles. The van der Waals surface area contributed by atoms with E-state index in [0.29, 0.717) is 11.6 Å². The topological polar surface area (TPSA) is 61.9 Å². The molecule has 0 aliphatic carbocycles. The number of nitrogens with zero attached hydrogens (tertiary/aromatic N) is 3. The van der Waals surface area contributed by atoms with Gasteiger partial charge in [0.2, 0.25) is 0 Å². The molecular formula is C12H13ClN4OS. The summed E-state index contributed by atoms with van der Waals surface area (Å²) in [6.45, 7) is 1.73. The Morgan fingerprint density at radius 1 is 1.53 bits per heavy atom. The first-order valence-corrected chi connectivity index (χ1v) is 7.39. The van der Waals surface area contributed by atoms with Crippen LogP contribution in [0.2, 0.25) is 5.02 Å². The number of hydrogen-bond acceptors (Lipinski definition) is 5. The number of halogens is 1. The van der Waals surface area contributed by atoms with Gasteiger partial charge in [-0.25, -0.2) is 10.1 Å². The predicted octanol–water partition coefficient (Wildman–Crippen LogP) is 2.26. The Balaban J connectivity index is 1.86. The number of rotatable bonds is 2. The van der Waals surface area contributed by atoms with Crippen LogP contribution in [-0.4, -0.2) is 28.3 Å². The van der Waals surface area contributed by atoms with Gasteiger partial charge in [-0.05, 0) is 12.8 Å². The third kappa shape index (κ3) is 2.50. The average Bonchev–Trinajstić information content (AvgIpc) is 2.96. The van der Waals surface area contributed by atoms with E-state index in [1.54, 1.807) is 17.5 Å². The second-order valence-electron chi connectivity index (χ2n) is 4.55. The van der Waals surface area contributed by atoms with Crippen LogP contribution in [0.5, 0.6) is 0 Å². The van der Waals surface area contributed by atoms with Crippen LogP contribution in [0, 0.1) is 0 Å². The van der Waals surface area contributed by atoms with Crippen molar-refractivity contribution < 1.29 is 0 Å². The highest BCUT2D eigenvalue weighted by molar-refractivity contribution is 7.09. The molecule has 1 saturated heterocycles. The van der Waals surface area contributed by atoms with Gasteiger partial charge in [0.25, 0.3) is 5.56 Å². The molecule has 0 bridgehead atoms. The Labute approximate surface area is 119 Å². The Morgan fingerprint density at radius 2 is 2.42 bits per heavy atom. The first-order chi connectivity index (χ1) is 9.25. The van der Waals surface area contributed by atoms with Gasteiger partial charge >= 0.3 is 0 Å². The van der Waals surface area contributed by atoms with Crippen molar-refractivity contribution in [2.75, 3.05) is 18.0 Å². The minimum atomic E-state index is -0.337.